The topological polar surface area (TPSA) is 9.23 Å². The van der Waals surface area contributed by atoms with Gasteiger partial charge in [0.1, 0.15) is 0 Å². The molecule has 1 nitrogen and oxygen atoms in total. The molecule has 0 aromatic heterocycles. The summed E-state index contributed by atoms with van der Waals surface area (Å²) in [6.45, 7) is 7.05. The standard InChI is InChI=1S/C14H24O/c1-10(15-4)5-6-11-7-8-12-9-13(11)14(12,2)3/h7,10,12-13H,5-6,8-9H2,1-4H3/t10?,12-,13-/m0/s1. The van der Waals surface area contributed by atoms with Gasteiger partial charge in [-0.15, -0.1) is 0 Å². The third kappa shape index (κ3) is 1.87. The molecule has 3 aliphatic carbocycles. The van der Waals surface area contributed by atoms with E-state index in [0.717, 1.165) is 11.8 Å². The van der Waals surface area contributed by atoms with Crippen molar-refractivity contribution in [1.29, 1.82) is 0 Å². The maximum atomic E-state index is 5.31. The molecule has 0 aromatic rings. The molecule has 15 heavy (non-hydrogen) atoms. The van der Waals surface area contributed by atoms with Crippen LogP contribution in [-0.2, 0) is 4.74 Å². The van der Waals surface area contributed by atoms with Crippen LogP contribution in [0.2, 0.25) is 0 Å². The molecular formula is C14H24O. The maximum Gasteiger partial charge on any atom is 0.0546 e. The molecule has 0 saturated heterocycles. The molecule has 0 radical (unpaired) electrons. The zero-order chi connectivity index (χ0) is 11.1. The number of methoxy groups -OCH3 is 1. The van der Waals surface area contributed by atoms with E-state index in [1.165, 1.54) is 25.7 Å². The van der Waals surface area contributed by atoms with Crippen LogP contribution in [-0.4, -0.2) is 13.2 Å². The molecule has 3 aliphatic rings. The first kappa shape index (κ1) is 11.2. The van der Waals surface area contributed by atoms with Crippen LogP contribution in [0, 0.1) is 17.3 Å². The SMILES string of the molecule is COC(C)CCC1=CC[C@H]2C[C@@H]1C2(C)C. The van der Waals surface area contributed by atoms with E-state index in [1.807, 2.05) is 7.11 Å². The Kier molecular flexibility index (Phi) is 2.94. The molecule has 1 fully saturated rings. The molecule has 1 heteroatoms. The third-order valence-corrected chi connectivity index (χ3v) is 4.82. The summed E-state index contributed by atoms with van der Waals surface area (Å²) in [5, 5.41) is 0. The Morgan fingerprint density at radius 2 is 2.27 bits per heavy atom. The Balaban J connectivity index is 1.91. The van der Waals surface area contributed by atoms with Crippen molar-refractivity contribution in [2.24, 2.45) is 17.3 Å². The monoisotopic (exact) mass is 208 g/mol. The Hall–Kier alpha value is -0.300. The van der Waals surface area contributed by atoms with Gasteiger partial charge in [-0.3, -0.25) is 0 Å². The molecule has 1 unspecified atom stereocenters. The van der Waals surface area contributed by atoms with Gasteiger partial charge in [0.2, 0.25) is 0 Å². The van der Waals surface area contributed by atoms with Gasteiger partial charge in [0.25, 0.3) is 0 Å². The number of rotatable bonds is 4. The van der Waals surface area contributed by atoms with Gasteiger partial charge in [0.15, 0.2) is 0 Å². The molecule has 0 aromatic carbocycles. The van der Waals surface area contributed by atoms with Crippen LogP contribution in [0.3, 0.4) is 0 Å². The molecule has 0 amide bonds. The van der Waals surface area contributed by atoms with E-state index in [-0.39, 0.29) is 0 Å². The summed E-state index contributed by atoms with van der Waals surface area (Å²) < 4.78 is 5.31. The summed E-state index contributed by atoms with van der Waals surface area (Å²) in [7, 11) is 1.81. The lowest BCUT2D eigenvalue weighted by Gasteiger charge is -2.56. The van der Waals surface area contributed by atoms with Gasteiger partial charge in [-0.1, -0.05) is 25.5 Å². The van der Waals surface area contributed by atoms with Crippen LogP contribution in [0.1, 0.15) is 46.5 Å². The second-order valence-corrected chi connectivity index (χ2v) is 5.91. The highest BCUT2D eigenvalue weighted by atomic mass is 16.5. The lowest BCUT2D eigenvalue weighted by molar-refractivity contribution is -0.00971. The fourth-order valence-corrected chi connectivity index (χ4v) is 3.25. The van der Waals surface area contributed by atoms with Gasteiger partial charge in [-0.05, 0) is 49.9 Å². The van der Waals surface area contributed by atoms with Crippen LogP contribution in [0.25, 0.3) is 0 Å². The number of hydrogen-bond acceptors (Lipinski definition) is 1. The number of fused-ring (bicyclic) bond motifs is 1. The molecule has 0 heterocycles. The van der Waals surface area contributed by atoms with Crippen molar-refractivity contribution >= 4 is 0 Å². The van der Waals surface area contributed by atoms with E-state index >= 15 is 0 Å². The Morgan fingerprint density at radius 1 is 1.53 bits per heavy atom. The van der Waals surface area contributed by atoms with Crippen molar-refractivity contribution in [2.75, 3.05) is 7.11 Å². The lowest BCUT2D eigenvalue weighted by atomic mass is 9.48. The fourth-order valence-electron chi connectivity index (χ4n) is 3.25. The molecule has 3 rings (SSSR count). The van der Waals surface area contributed by atoms with Crippen LogP contribution >= 0.6 is 0 Å². The molecule has 1 saturated carbocycles. The summed E-state index contributed by atoms with van der Waals surface area (Å²) >= 11 is 0. The fraction of sp³-hybridized carbons (Fsp3) is 0.857. The molecule has 3 atom stereocenters. The number of hydrogen-bond donors (Lipinski definition) is 0. The van der Waals surface area contributed by atoms with E-state index in [9.17, 15) is 0 Å². The molecule has 0 N–H and O–H groups in total. The van der Waals surface area contributed by atoms with Gasteiger partial charge >= 0.3 is 0 Å². The zero-order valence-corrected chi connectivity index (χ0v) is 10.5. The molecule has 0 aliphatic heterocycles. The number of allylic oxidation sites excluding steroid dienone is 2. The first-order chi connectivity index (χ1) is 7.05. The van der Waals surface area contributed by atoms with Crippen molar-refractivity contribution in [3.05, 3.63) is 11.6 Å². The Labute approximate surface area is 93.9 Å². The summed E-state index contributed by atoms with van der Waals surface area (Å²) in [6.07, 6.45) is 8.11. The minimum Gasteiger partial charge on any atom is -0.382 e. The zero-order valence-electron chi connectivity index (χ0n) is 10.5. The highest BCUT2D eigenvalue weighted by Gasteiger charge is 2.50. The molecule has 86 valence electrons. The predicted molar refractivity (Wildman–Crippen MR) is 63.8 cm³/mol. The van der Waals surface area contributed by atoms with Crippen LogP contribution in [0.15, 0.2) is 11.6 Å². The first-order valence-corrected chi connectivity index (χ1v) is 6.27. The second-order valence-electron chi connectivity index (χ2n) is 5.91. The van der Waals surface area contributed by atoms with Crippen molar-refractivity contribution in [1.82, 2.24) is 0 Å². The van der Waals surface area contributed by atoms with Gasteiger partial charge in [0, 0.05) is 7.11 Å². The summed E-state index contributed by atoms with van der Waals surface area (Å²) in [6, 6.07) is 0. The quantitative estimate of drug-likeness (QED) is 0.639. The van der Waals surface area contributed by atoms with E-state index in [1.54, 1.807) is 5.57 Å². The van der Waals surface area contributed by atoms with E-state index in [4.69, 9.17) is 4.74 Å². The van der Waals surface area contributed by atoms with Crippen molar-refractivity contribution in [2.45, 2.75) is 52.6 Å². The van der Waals surface area contributed by atoms with Crippen LogP contribution in [0.5, 0.6) is 0 Å². The van der Waals surface area contributed by atoms with Gasteiger partial charge in [-0.25, -0.2) is 0 Å². The lowest BCUT2D eigenvalue weighted by Crippen LogP contribution is -2.48. The summed E-state index contributed by atoms with van der Waals surface area (Å²) in [5.41, 5.74) is 2.30. The Bertz CT molecular complexity index is 265. The van der Waals surface area contributed by atoms with Crippen molar-refractivity contribution in [3.8, 4) is 0 Å². The highest BCUT2D eigenvalue weighted by molar-refractivity contribution is 5.23. The van der Waals surface area contributed by atoms with Gasteiger partial charge in [-0.2, -0.15) is 0 Å². The van der Waals surface area contributed by atoms with E-state index in [2.05, 4.69) is 26.8 Å². The normalized spacial score (nSPS) is 34.3. The summed E-state index contributed by atoms with van der Waals surface area (Å²) in [4.78, 5) is 0. The smallest absolute Gasteiger partial charge is 0.0546 e. The van der Waals surface area contributed by atoms with Crippen LogP contribution < -0.4 is 0 Å². The van der Waals surface area contributed by atoms with Crippen LogP contribution in [0.4, 0.5) is 0 Å². The van der Waals surface area contributed by atoms with E-state index < -0.39 is 0 Å². The second kappa shape index (κ2) is 3.93. The molecular weight excluding hydrogens is 184 g/mol. The Morgan fingerprint density at radius 3 is 2.80 bits per heavy atom. The summed E-state index contributed by atoms with van der Waals surface area (Å²) in [5.74, 6) is 1.84. The minimum atomic E-state index is 0.409. The van der Waals surface area contributed by atoms with E-state index in [0.29, 0.717) is 11.5 Å². The predicted octanol–water partition coefficient (Wildman–Crippen LogP) is 3.79. The largest absolute Gasteiger partial charge is 0.382 e. The maximum absolute atomic E-state index is 5.31. The van der Waals surface area contributed by atoms with Gasteiger partial charge < -0.3 is 4.74 Å². The van der Waals surface area contributed by atoms with Gasteiger partial charge in [0.05, 0.1) is 6.10 Å². The number of ether oxygens (including phenoxy) is 1. The minimum absolute atomic E-state index is 0.409. The highest BCUT2D eigenvalue weighted by Crippen LogP contribution is 2.59. The first-order valence-electron chi connectivity index (χ1n) is 6.27. The van der Waals surface area contributed by atoms with Crippen molar-refractivity contribution < 1.29 is 4.74 Å². The third-order valence-electron chi connectivity index (χ3n) is 4.82. The molecule has 0 spiro atoms. The average Bonchev–Trinajstić information content (AvgIpc) is 2.25. The van der Waals surface area contributed by atoms with Crippen molar-refractivity contribution in [3.63, 3.8) is 0 Å². The average molecular weight is 208 g/mol. The molecule has 2 bridgehead atoms.